The van der Waals surface area contributed by atoms with Gasteiger partial charge >= 0.3 is 0 Å². The normalized spacial score (nSPS) is 15.9. The van der Waals surface area contributed by atoms with Crippen LogP contribution in [0.25, 0.3) is 11.3 Å². The summed E-state index contributed by atoms with van der Waals surface area (Å²) in [6, 6.07) is 14.1. The van der Waals surface area contributed by atoms with Crippen LogP contribution in [-0.2, 0) is 12.8 Å². The Morgan fingerprint density at radius 2 is 1.78 bits per heavy atom. The van der Waals surface area contributed by atoms with Crippen LogP contribution in [0.3, 0.4) is 0 Å². The van der Waals surface area contributed by atoms with Gasteiger partial charge in [-0.05, 0) is 42.2 Å². The smallest absolute Gasteiger partial charge is 0.143 e. The van der Waals surface area contributed by atoms with E-state index in [-0.39, 0.29) is 5.92 Å². The van der Waals surface area contributed by atoms with Crippen LogP contribution in [-0.4, -0.2) is 16.2 Å². The number of nitrogens with zero attached hydrogens (tertiary/aromatic N) is 2. The zero-order valence-corrected chi connectivity index (χ0v) is 14.5. The highest BCUT2D eigenvalue weighted by Gasteiger charge is 2.27. The molecule has 0 amide bonds. The van der Waals surface area contributed by atoms with Gasteiger partial charge in [0.2, 0.25) is 0 Å². The second-order valence-electron chi connectivity index (χ2n) is 4.94. The van der Waals surface area contributed by atoms with Crippen LogP contribution in [0.1, 0.15) is 38.8 Å². The summed E-state index contributed by atoms with van der Waals surface area (Å²) in [6.45, 7) is 8.00. The van der Waals surface area contributed by atoms with E-state index in [1.807, 2.05) is 52.0 Å². The van der Waals surface area contributed by atoms with E-state index in [0.717, 1.165) is 24.1 Å². The molecule has 0 aliphatic heterocycles. The Balaban J connectivity index is 0.000000615. The van der Waals surface area contributed by atoms with Crippen LogP contribution in [0.5, 0.6) is 0 Å². The van der Waals surface area contributed by atoms with Gasteiger partial charge < -0.3 is 5.11 Å². The van der Waals surface area contributed by atoms with Crippen molar-refractivity contribution < 1.29 is 5.11 Å². The fourth-order valence-corrected chi connectivity index (χ4v) is 2.67. The van der Waals surface area contributed by atoms with Gasteiger partial charge in [0.1, 0.15) is 6.10 Å². The molecule has 3 rings (SSSR count). The van der Waals surface area contributed by atoms with Crippen molar-refractivity contribution in [2.24, 2.45) is 5.92 Å². The molecule has 1 aromatic carbocycles. The van der Waals surface area contributed by atoms with Gasteiger partial charge in [-0.1, -0.05) is 45.9 Å². The monoisotopic (exact) mass is 310 g/mol. The number of pyridine rings is 1. The van der Waals surface area contributed by atoms with Crippen molar-refractivity contribution >= 4 is 0 Å². The third kappa shape index (κ3) is 4.64. The maximum absolute atomic E-state index is 9.64. The first-order valence-electron chi connectivity index (χ1n) is 8.39. The summed E-state index contributed by atoms with van der Waals surface area (Å²) in [5.41, 5.74) is 4.50. The predicted molar refractivity (Wildman–Crippen MR) is 94.9 cm³/mol. The molecule has 3 nitrogen and oxygen atoms in total. The number of nitriles is 1. The molecule has 122 valence electrons. The number of hydrogen-bond acceptors (Lipinski definition) is 3. The summed E-state index contributed by atoms with van der Waals surface area (Å²) in [6.07, 6.45) is 2.47. The van der Waals surface area contributed by atoms with Gasteiger partial charge in [0.25, 0.3) is 0 Å². The number of aliphatic hydroxyl groups is 1. The highest BCUT2D eigenvalue weighted by molar-refractivity contribution is 5.61. The molecule has 2 atom stereocenters. The van der Waals surface area contributed by atoms with Gasteiger partial charge in [0, 0.05) is 17.7 Å². The van der Waals surface area contributed by atoms with Crippen LogP contribution >= 0.6 is 0 Å². The molecule has 1 aliphatic rings. The first-order chi connectivity index (χ1) is 11.3. The largest absolute Gasteiger partial charge is 0.378 e. The zero-order valence-electron chi connectivity index (χ0n) is 14.5. The standard InChI is InChI=1S/C16H14N2O.2C2H6/c17-10-16(19)14-7-11-4-5-12(8-13(11)9-14)15-3-1-2-6-18-15;2*1-2/h1-6,8,14,16,19H,7,9H2;2*1-2H3. The third-order valence-electron chi connectivity index (χ3n) is 3.71. The molecule has 0 radical (unpaired) electrons. The molecule has 3 heteroatoms. The predicted octanol–water partition coefficient (Wildman–Crippen LogP) is 4.40. The molecular weight excluding hydrogens is 284 g/mol. The average molecular weight is 310 g/mol. The van der Waals surface area contributed by atoms with E-state index in [2.05, 4.69) is 23.2 Å². The molecule has 0 saturated carbocycles. The Labute approximate surface area is 139 Å². The number of fused-ring (bicyclic) bond motifs is 1. The van der Waals surface area contributed by atoms with Crippen LogP contribution in [0.4, 0.5) is 0 Å². The van der Waals surface area contributed by atoms with Gasteiger partial charge in [0.15, 0.2) is 0 Å². The summed E-state index contributed by atoms with van der Waals surface area (Å²) in [5.74, 6) is 0.0268. The molecule has 1 aromatic heterocycles. The van der Waals surface area contributed by atoms with E-state index >= 15 is 0 Å². The van der Waals surface area contributed by atoms with E-state index in [1.54, 1.807) is 6.20 Å². The molecule has 1 heterocycles. The first kappa shape index (κ1) is 18.9. The fourth-order valence-electron chi connectivity index (χ4n) is 2.67. The SMILES string of the molecule is CC.CC.N#CC(O)C1Cc2ccc(-c3ccccn3)cc2C1. The van der Waals surface area contributed by atoms with Crippen molar-refractivity contribution in [3.8, 4) is 17.3 Å². The lowest BCUT2D eigenvalue weighted by Crippen LogP contribution is -2.18. The van der Waals surface area contributed by atoms with Gasteiger partial charge in [-0.25, -0.2) is 0 Å². The summed E-state index contributed by atoms with van der Waals surface area (Å²) in [4.78, 5) is 4.34. The number of hydrogen-bond donors (Lipinski definition) is 1. The third-order valence-corrected chi connectivity index (χ3v) is 3.71. The quantitative estimate of drug-likeness (QED) is 0.836. The lowest BCUT2D eigenvalue weighted by atomic mass is 10.0. The lowest BCUT2D eigenvalue weighted by molar-refractivity contribution is 0.164. The highest BCUT2D eigenvalue weighted by Crippen LogP contribution is 2.31. The minimum absolute atomic E-state index is 0.0268. The number of aliphatic hydroxyl groups excluding tert-OH is 1. The second-order valence-corrected chi connectivity index (χ2v) is 4.94. The summed E-state index contributed by atoms with van der Waals surface area (Å²) >= 11 is 0. The molecule has 1 N–H and O–H groups in total. The molecule has 0 saturated heterocycles. The Morgan fingerprint density at radius 1 is 1.09 bits per heavy atom. The maximum Gasteiger partial charge on any atom is 0.143 e. The van der Waals surface area contributed by atoms with E-state index in [9.17, 15) is 5.11 Å². The Morgan fingerprint density at radius 3 is 2.39 bits per heavy atom. The second kappa shape index (κ2) is 9.76. The molecule has 1 aliphatic carbocycles. The molecular formula is C20H26N2O. The van der Waals surface area contributed by atoms with Crippen molar-refractivity contribution in [2.45, 2.75) is 46.6 Å². The van der Waals surface area contributed by atoms with Gasteiger partial charge in [-0.3, -0.25) is 4.98 Å². The van der Waals surface area contributed by atoms with E-state index < -0.39 is 6.10 Å². The van der Waals surface area contributed by atoms with Crippen LogP contribution in [0, 0.1) is 17.2 Å². The molecule has 2 aromatic rings. The average Bonchev–Trinajstić information content (AvgIpc) is 3.08. The molecule has 23 heavy (non-hydrogen) atoms. The van der Waals surface area contributed by atoms with E-state index in [1.165, 1.54) is 11.1 Å². The maximum atomic E-state index is 9.64. The van der Waals surface area contributed by atoms with Crippen molar-refractivity contribution in [1.29, 1.82) is 5.26 Å². The molecule has 0 bridgehead atoms. The zero-order chi connectivity index (χ0) is 17.2. The summed E-state index contributed by atoms with van der Waals surface area (Å²) in [7, 11) is 0. The van der Waals surface area contributed by atoms with Crippen molar-refractivity contribution in [3.05, 3.63) is 53.7 Å². The topological polar surface area (TPSA) is 56.9 Å². The Bertz CT molecular complexity index is 632. The van der Waals surface area contributed by atoms with Crippen LogP contribution < -0.4 is 0 Å². The number of aromatic nitrogens is 1. The van der Waals surface area contributed by atoms with Gasteiger partial charge in [-0.2, -0.15) is 5.26 Å². The Hall–Kier alpha value is -2.18. The minimum atomic E-state index is -0.870. The fraction of sp³-hybridized carbons (Fsp3) is 0.400. The first-order valence-corrected chi connectivity index (χ1v) is 8.39. The number of benzene rings is 1. The molecule has 0 fully saturated rings. The molecule has 0 spiro atoms. The Kier molecular flexibility index (Phi) is 8.01. The molecule has 2 unspecified atom stereocenters. The summed E-state index contributed by atoms with van der Waals surface area (Å²) in [5, 5.41) is 18.4. The summed E-state index contributed by atoms with van der Waals surface area (Å²) < 4.78 is 0. The number of rotatable bonds is 2. The van der Waals surface area contributed by atoms with Crippen molar-refractivity contribution in [1.82, 2.24) is 4.98 Å². The van der Waals surface area contributed by atoms with Crippen LogP contribution in [0.15, 0.2) is 42.6 Å². The van der Waals surface area contributed by atoms with Crippen LogP contribution in [0.2, 0.25) is 0 Å². The van der Waals surface area contributed by atoms with E-state index in [0.29, 0.717) is 0 Å². The van der Waals surface area contributed by atoms with E-state index in [4.69, 9.17) is 5.26 Å². The lowest BCUT2D eigenvalue weighted by Gasteiger charge is -2.08. The van der Waals surface area contributed by atoms with Gasteiger partial charge in [-0.15, -0.1) is 0 Å². The van der Waals surface area contributed by atoms with Crippen molar-refractivity contribution in [3.63, 3.8) is 0 Å². The van der Waals surface area contributed by atoms with Crippen molar-refractivity contribution in [2.75, 3.05) is 0 Å². The van der Waals surface area contributed by atoms with Gasteiger partial charge in [0.05, 0.1) is 11.8 Å². The minimum Gasteiger partial charge on any atom is -0.378 e. The highest BCUT2D eigenvalue weighted by atomic mass is 16.3.